The third kappa shape index (κ3) is 5.12. The Hall–Kier alpha value is -4.30. The molecule has 8 nitrogen and oxygen atoms in total. The third-order valence-electron chi connectivity index (χ3n) is 5.20. The molecule has 0 radical (unpaired) electrons. The van der Waals surface area contributed by atoms with Crippen molar-refractivity contribution in [3.05, 3.63) is 89.1 Å². The monoisotopic (exact) mass is 491 g/mol. The molecule has 0 spiro atoms. The number of nitrogens with one attached hydrogen (secondary N) is 2. The molecule has 1 aliphatic heterocycles. The molecule has 178 valence electrons. The number of anilines is 3. The highest BCUT2D eigenvalue weighted by atomic mass is 35.5. The topological polar surface area (TPSA) is 97.0 Å². The Bertz CT molecular complexity index is 1290. The fraction of sp³-hybridized carbons (Fsp3) is 0.115. The highest BCUT2D eigenvalue weighted by Crippen LogP contribution is 2.31. The van der Waals surface area contributed by atoms with E-state index in [0.29, 0.717) is 35.0 Å². The largest absolute Gasteiger partial charge is 0.497 e. The van der Waals surface area contributed by atoms with Crippen LogP contribution in [0.2, 0.25) is 0 Å². The second-order valence-electron chi connectivity index (χ2n) is 7.45. The van der Waals surface area contributed by atoms with Crippen molar-refractivity contribution in [1.82, 2.24) is 0 Å². The van der Waals surface area contributed by atoms with Gasteiger partial charge in [-0.2, -0.15) is 0 Å². The van der Waals surface area contributed by atoms with Crippen LogP contribution in [0.3, 0.4) is 0 Å². The van der Waals surface area contributed by atoms with Gasteiger partial charge in [0.1, 0.15) is 22.2 Å². The average Bonchev–Trinajstić information content (AvgIpc) is 3.09. The molecule has 2 N–H and O–H groups in total. The van der Waals surface area contributed by atoms with Crippen molar-refractivity contribution < 1.29 is 23.9 Å². The van der Waals surface area contributed by atoms with Gasteiger partial charge in [-0.1, -0.05) is 11.6 Å². The number of imide groups is 1. The maximum Gasteiger partial charge on any atom is 0.283 e. The number of benzene rings is 3. The van der Waals surface area contributed by atoms with E-state index in [4.69, 9.17) is 21.1 Å². The zero-order valence-electron chi connectivity index (χ0n) is 19.0. The van der Waals surface area contributed by atoms with Crippen LogP contribution in [0, 0.1) is 0 Å². The van der Waals surface area contributed by atoms with Gasteiger partial charge >= 0.3 is 0 Å². The lowest BCUT2D eigenvalue weighted by Gasteiger charge is -2.15. The van der Waals surface area contributed by atoms with Gasteiger partial charge in [0, 0.05) is 16.9 Å². The molecule has 1 aliphatic rings. The predicted octanol–water partition coefficient (Wildman–Crippen LogP) is 4.78. The second kappa shape index (κ2) is 10.3. The molecule has 0 atom stereocenters. The van der Waals surface area contributed by atoms with E-state index in [1.807, 2.05) is 6.92 Å². The smallest absolute Gasteiger partial charge is 0.283 e. The fourth-order valence-corrected chi connectivity index (χ4v) is 3.64. The number of halogens is 1. The van der Waals surface area contributed by atoms with Crippen molar-refractivity contribution in [1.29, 1.82) is 0 Å². The number of methoxy groups -OCH3 is 1. The quantitative estimate of drug-likeness (QED) is 0.440. The molecule has 0 fully saturated rings. The van der Waals surface area contributed by atoms with Gasteiger partial charge in [0.2, 0.25) is 0 Å². The first-order valence-corrected chi connectivity index (χ1v) is 11.1. The zero-order valence-corrected chi connectivity index (χ0v) is 19.8. The Morgan fingerprint density at radius 1 is 0.857 bits per heavy atom. The SMILES string of the molecule is CCOc1ccc(NC(=O)c2ccc(NC3=C(Cl)C(=O)N(c4ccc(OC)cc4)C3=O)cc2)cc1. The first-order valence-electron chi connectivity index (χ1n) is 10.7. The van der Waals surface area contributed by atoms with Gasteiger partial charge in [0.05, 0.1) is 19.4 Å². The van der Waals surface area contributed by atoms with Crippen molar-refractivity contribution in [2.45, 2.75) is 6.92 Å². The molecular formula is C26H22ClN3O5. The van der Waals surface area contributed by atoms with E-state index < -0.39 is 11.8 Å². The Morgan fingerprint density at radius 3 is 2.06 bits per heavy atom. The maximum atomic E-state index is 12.9. The van der Waals surface area contributed by atoms with E-state index in [1.54, 1.807) is 72.8 Å². The van der Waals surface area contributed by atoms with Gasteiger partial charge in [0.15, 0.2) is 0 Å². The molecule has 0 unspecified atom stereocenters. The van der Waals surface area contributed by atoms with Gasteiger partial charge in [0.25, 0.3) is 17.7 Å². The Balaban J connectivity index is 1.43. The number of carbonyl (C=O) groups excluding carboxylic acids is 3. The molecule has 35 heavy (non-hydrogen) atoms. The normalized spacial score (nSPS) is 13.2. The van der Waals surface area contributed by atoms with E-state index >= 15 is 0 Å². The predicted molar refractivity (Wildman–Crippen MR) is 134 cm³/mol. The molecule has 9 heteroatoms. The molecule has 3 aromatic rings. The van der Waals surface area contributed by atoms with Crippen LogP contribution in [-0.4, -0.2) is 31.4 Å². The number of ether oxygens (including phenoxy) is 2. The summed E-state index contributed by atoms with van der Waals surface area (Å²) in [6.07, 6.45) is 0. The van der Waals surface area contributed by atoms with Crippen molar-refractivity contribution in [2.75, 3.05) is 29.3 Å². The summed E-state index contributed by atoms with van der Waals surface area (Å²) in [6, 6.07) is 20.0. The molecule has 3 amide bonds. The van der Waals surface area contributed by atoms with Gasteiger partial charge in [-0.15, -0.1) is 0 Å². The molecule has 3 aromatic carbocycles. The minimum atomic E-state index is -0.629. The molecular weight excluding hydrogens is 470 g/mol. The minimum absolute atomic E-state index is 0.0425. The fourth-order valence-electron chi connectivity index (χ4n) is 3.43. The van der Waals surface area contributed by atoms with Crippen molar-refractivity contribution in [3.63, 3.8) is 0 Å². The molecule has 0 saturated heterocycles. The third-order valence-corrected chi connectivity index (χ3v) is 5.55. The summed E-state index contributed by atoms with van der Waals surface area (Å²) < 4.78 is 10.5. The van der Waals surface area contributed by atoms with E-state index in [9.17, 15) is 14.4 Å². The highest BCUT2D eigenvalue weighted by Gasteiger charge is 2.38. The number of carbonyl (C=O) groups is 3. The number of rotatable bonds is 8. The maximum absolute atomic E-state index is 12.9. The Morgan fingerprint density at radius 2 is 1.46 bits per heavy atom. The van der Waals surface area contributed by atoms with Crippen LogP contribution >= 0.6 is 11.6 Å². The Labute approximate surface area is 207 Å². The Kier molecular flexibility index (Phi) is 7.03. The minimum Gasteiger partial charge on any atom is -0.497 e. The summed E-state index contributed by atoms with van der Waals surface area (Å²) in [4.78, 5) is 39.1. The summed E-state index contributed by atoms with van der Waals surface area (Å²) >= 11 is 6.19. The van der Waals surface area contributed by atoms with E-state index in [0.717, 1.165) is 10.6 Å². The summed E-state index contributed by atoms with van der Waals surface area (Å²) in [7, 11) is 1.52. The van der Waals surface area contributed by atoms with Crippen molar-refractivity contribution in [3.8, 4) is 11.5 Å². The second-order valence-corrected chi connectivity index (χ2v) is 7.82. The summed E-state index contributed by atoms with van der Waals surface area (Å²) in [5.74, 6) is -0.190. The summed E-state index contributed by atoms with van der Waals surface area (Å²) in [5.41, 5.74) is 1.87. The van der Waals surface area contributed by atoms with Crippen LogP contribution < -0.4 is 25.0 Å². The summed E-state index contributed by atoms with van der Waals surface area (Å²) in [6.45, 7) is 2.46. The van der Waals surface area contributed by atoms with E-state index in [2.05, 4.69) is 10.6 Å². The first kappa shape index (κ1) is 23.8. The van der Waals surface area contributed by atoms with Crippen LogP contribution in [0.1, 0.15) is 17.3 Å². The zero-order chi connectivity index (χ0) is 24.9. The van der Waals surface area contributed by atoms with Gasteiger partial charge < -0.3 is 20.1 Å². The van der Waals surface area contributed by atoms with Crippen LogP contribution in [0.25, 0.3) is 0 Å². The lowest BCUT2D eigenvalue weighted by atomic mass is 10.2. The molecule has 0 bridgehead atoms. The van der Waals surface area contributed by atoms with Crippen LogP contribution in [0.4, 0.5) is 17.1 Å². The number of hydrogen-bond acceptors (Lipinski definition) is 6. The first-order chi connectivity index (χ1) is 16.9. The standard InChI is InChI=1S/C26H22ClN3O5/c1-3-35-21-12-8-18(9-13-21)29-24(31)16-4-6-17(7-5-16)28-23-22(27)25(32)30(26(23)33)19-10-14-20(34-2)15-11-19/h4-15,28H,3H2,1-2H3,(H,29,31). The molecule has 0 aromatic heterocycles. The van der Waals surface area contributed by atoms with Gasteiger partial charge in [-0.05, 0) is 79.7 Å². The van der Waals surface area contributed by atoms with Gasteiger partial charge in [-0.3, -0.25) is 14.4 Å². The van der Waals surface area contributed by atoms with Crippen LogP contribution in [-0.2, 0) is 9.59 Å². The number of hydrogen-bond donors (Lipinski definition) is 2. The van der Waals surface area contributed by atoms with E-state index in [1.165, 1.54) is 7.11 Å². The molecule has 0 aliphatic carbocycles. The average molecular weight is 492 g/mol. The van der Waals surface area contributed by atoms with Crippen molar-refractivity contribution >= 4 is 46.4 Å². The van der Waals surface area contributed by atoms with Crippen LogP contribution in [0.15, 0.2) is 83.5 Å². The van der Waals surface area contributed by atoms with Crippen molar-refractivity contribution in [2.24, 2.45) is 0 Å². The van der Waals surface area contributed by atoms with Gasteiger partial charge in [-0.25, -0.2) is 4.90 Å². The van der Waals surface area contributed by atoms with Crippen LogP contribution in [0.5, 0.6) is 11.5 Å². The number of nitrogens with zero attached hydrogens (tertiary/aromatic N) is 1. The summed E-state index contributed by atoms with van der Waals surface area (Å²) in [5, 5.41) is 5.49. The molecule has 4 rings (SSSR count). The molecule has 1 heterocycles. The lowest BCUT2D eigenvalue weighted by molar-refractivity contribution is -0.120. The highest BCUT2D eigenvalue weighted by molar-refractivity contribution is 6.53. The molecule has 0 saturated carbocycles. The number of amides is 3. The van der Waals surface area contributed by atoms with E-state index in [-0.39, 0.29) is 16.6 Å². The lowest BCUT2D eigenvalue weighted by Crippen LogP contribution is -2.32.